The summed E-state index contributed by atoms with van der Waals surface area (Å²) in [6.07, 6.45) is 2.83. The lowest BCUT2D eigenvalue weighted by Crippen LogP contribution is -2.46. The van der Waals surface area contributed by atoms with Crippen LogP contribution in [-0.4, -0.2) is 49.8 Å². The van der Waals surface area contributed by atoms with Crippen LogP contribution in [0.25, 0.3) is 0 Å². The van der Waals surface area contributed by atoms with Crippen molar-refractivity contribution < 1.29 is 13.2 Å². The van der Waals surface area contributed by atoms with Gasteiger partial charge in [0.1, 0.15) is 0 Å². The average molecular weight is 475 g/mol. The fourth-order valence-electron chi connectivity index (χ4n) is 3.99. The molecule has 0 aliphatic carbocycles. The lowest BCUT2D eigenvalue weighted by Gasteiger charge is -2.31. The summed E-state index contributed by atoms with van der Waals surface area (Å²) >= 11 is 1.80. The number of nitrogens with one attached hydrogen (secondary N) is 1. The number of thioether (sulfide) groups is 1. The molecular weight excluding hydrogens is 440 g/mol. The SMILES string of the molecule is Cc1ccccc1CSCCNC(=O)C1CCCN(S(=O)(=O)CCCc2ccccc2)C1. The number of sulfonamides is 1. The standard InChI is InChI=1S/C25H34N2O3S2/c1-21-9-5-6-13-24(21)20-31-17-15-26-25(28)23-14-7-16-27(19-23)32(29,30)18-8-12-22-10-3-2-4-11-22/h2-6,9-11,13,23H,7-8,12,14-20H2,1H3,(H,26,28). The lowest BCUT2D eigenvalue weighted by molar-refractivity contribution is -0.125. The molecule has 1 fully saturated rings. The number of hydrogen-bond acceptors (Lipinski definition) is 4. The topological polar surface area (TPSA) is 66.5 Å². The summed E-state index contributed by atoms with van der Waals surface area (Å²) in [6, 6.07) is 18.3. The number of carbonyl (C=O) groups is 1. The first-order valence-electron chi connectivity index (χ1n) is 11.4. The zero-order valence-corrected chi connectivity index (χ0v) is 20.5. The van der Waals surface area contributed by atoms with Crippen molar-refractivity contribution in [2.24, 2.45) is 5.92 Å². The van der Waals surface area contributed by atoms with E-state index in [-0.39, 0.29) is 17.6 Å². The van der Waals surface area contributed by atoms with Crippen molar-refractivity contribution in [1.29, 1.82) is 0 Å². The minimum Gasteiger partial charge on any atom is -0.355 e. The summed E-state index contributed by atoms with van der Waals surface area (Å²) in [6.45, 7) is 3.54. The largest absolute Gasteiger partial charge is 0.355 e. The molecular formula is C25H34N2O3S2. The van der Waals surface area contributed by atoms with Crippen molar-refractivity contribution in [1.82, 2.24) is 9.62 Å². The second kappa shape index (κ2) is 12.4. The Morgan fingerprint density at radius 1 is 1.12 bits per heavy atom. The summed E-state index contributed by atoms with van der Waals surface area (Å²) in [5, 5.41) is 3.01. The number of nitrogens with zero attached hydrogens (tertiary/aromatic N) is 1. The molecule has 2 aromatic rings. The van der Waals surface area contributed by atoms with Gasteiger partial charge in [0.05, 0.1) is 11.7 Å². The van der Waals surface area contributed by atoms with Gasteiger partial charge >= 0.3 is 0 Å². The molecule has 2 aromatic carbocycles. The summed E-state index contributed by atoms with van der Waals surface area (Å²) in [7, 11) is -3.33. The van der Waals surface area contributed by atoms with E-state index in [2.05, 4.69) is 30.4 Å². The van der Waals surface area contributed by atoms with Crippen LogP contribution in [0.15, 0.2) is 54.6 Å². The molecule has 1 saturated heterocycles. The minimum atomic E-state index is -3.33. The number of rotatable bonds is 11. The van der Waals surface area contributed by atoms with Gasteiger partial charge in [-0.05, 0) is 49.3 Å². The molecule has 1 amide bonds. The maximum atomic E-state index is 12.8. The second-order valence-corrected chi connectivity index (χ2v) is 11.6. The summed E-state index contributed by atoms with van der Waals surface area (Å²) in [5.41, 5.74) is 3.76. The van der Waals surface area contributed by atoms with Gasteiger partial charge in [0, 0.05) is 31.1 Å². The van der Waals surface area contributed by atoms with Crippen LogP contribution in [0.4, 0.5) is 0 Å². The Morgan fingerprint density at radius 3 is 2.66 bits per heavy atom. The molecule has 0 radical (unpaired) electrons. The van der Waals surface area contributed by atoms with Crippen LogP contribution in [0.2, 0.25) is 0 Å². The first kappa shape index (κ1) is 24.8. The molecule has 0 bridgehead atoms. The smallest absolute Gasteiger partial charge is 0.224 e. The molecule has 5 nitrogen and oxygen atoms in total. The molecule has 174 valence electrons. The highest BCUT2D eigenvalue weighted by Gasteiger charge is 2.31. The van der Waals surface area contributed by atoms with Crippen molar-refractivity contribution >= 4 is 27.7 Å². The fraction of sp³-hybridized carbons (Fsp3) is 0.480. The fourth-order valence-corrected chi connectivity index (χ4v) is 6.50. The number of piperidine rings is 1. The van der Waals surface area contributed by atoms with Gasteiger partial charge in [-0.25, -0.2) is 12.7 Å². The molecule has 1 aliphatic heterocycles. The van der Waals surface area contributed by atoms with Crippen molar-refractivity contribution in [2.45, 2.75) is 38.4 Å². The van der Waals surface area contributed by atoms with E-state index in [0.29, 0.717) is 26.1 Å². The number of carbonyl (C=O) groups excluding carboxylic acids is 1. The molecule has 32 heavy (non-hydrogen) atoms. The molecule has 7 heteroatoms. The van der Waals surface area contributed by atoms with E-state index in [4.69, 9.17) is 0 Å². The Kier molecular flexibility index (Phi) is 9.63. The highest BCUT2D eigenvalue weighted by atomic mass is 32.2. The molecule has 0 saturated carbocycles. The molecule has 1 unspecified atom stereocenters. The van der Waals surface area contributed by atoms with Crippen LogP contribution in [0.5, 0.6) is 0 Å². The van der Waals surface area contributed by atoms with Gasteiger partial charge in [0.15, 0.2) is 0 Å². The number of aryl methyl sites for hydroxylation is 2. The van der Waals surface area contributed by atoms with Crippen molar-refractivity contribution in [3.63, 3.8) is 0 Å². The molecule has 0 aromatic heterocycles. The van der Waals surface area contributed by atoms with Gasteiger partial charge < -0.3 is 5.32 Å². The molecule has 1 N–H and O–H groups in total. The van der Waals surface area contributed by atoms with Crippen LogP contribution in [-0.2, 0) is 27.0 Å². The van der Waals surface area contributed by atoms with Crippen LogP contribution in [0.1, 0.15) is 36.0 Å². The molecule has 0 spiro atoms. The zero-order valence-electron chi connectivity index (χ0n) is 18.8. The van der Waals surface area contributed by atoms with Crippen LogP contribution in [0, 0.1) is 12.8 Å². The Labute approximate surface area is 197 Å². The Balaban J connectivity index is 1.38. The van der Waals surface area contributed by atoms with E-state index in [1.165, 1.54) is 15.4 Å². The molecule has 3 rings (SSSR count). The zero-order chi connectivity index (χ0) is 22.8. The second-order valence-electron chi connectivity index (χ2n) is 8.37. The van der Waals surface area contributed by atoms with Gasteiger partial charge in [-0.3, -0.25) is 4.79 Å². The van der Waals surface area contributed by atoms with Gasteiger partial charge in [-0.2, -0.15) is 11.8 Å². The number of amides is 1. The predicted molar refractivity (Wildman–Crippen MR) is 133 cm³/mol. The van der Waals surface area contributed by atoms with Crippen molar-refractivity contribution in [3.05, 3.63) is 71.3 Å². The van der Waals surface area contributed by atoms with Gasteiger partial charge in [-0.15, -0.1) is 0 Å². The third-order valence-electron chi connectivity index (χ3n) is 5.92. The van der Waals surface area contributed by atoms with Crippen LogP contribution < -0.4 is 5.32 Å². The summed E-state index contributed by atoms with van der Waals surface area (Å²) < 4.78 is 27.1. The maximum absolute atomic E-state index is 12.8. The Bertz CT molecular complexity index is 964. The van der Waals surface area contributed by atoms with E-state index in [0.717, 1.165) is 36.3 Å². The minimum absolute atomic E-state index is 0.0225. The third kappa shape index (κ3) is 7.64. The first-order chi connectivity index (χ1) is 15.5. The molecule has 1 aliphatic rings. The Hall–Kier alpha value is -1.83. The van der Waals surface area contributed by atoms with Gasteiger partial charge in [-0.1, -0.05) is 54.6 Å². The van der Waals surface area contributed by atoms with Gasteiger partial charge in [0.2, 0.25) is 15.9 Å². The lowest BCUT2D eigenvalue weighted by atomic mass is 9.99. The van der Waals surface area contributed by atoms with Crippen LogP contribution >= 0.6 is 11.8 Å². The van der Waals surface area contributed by atoms with E-state index >= 15 is 0 Å². The van der Waals surface area contributed by atoms with Crippen molar-refractivity contribution in [3.8, 4) is 0 Å². The molecule has 1 atom stereocenters. The first-order valence-corrected chi connectivity index (χ1v) is 14.1. The number of benzene rings is 2. The maximum Gasteiger partial charge on any atom is 0.224 e. The van der Waals surface area contributed by atoms with E-state index in [9.17, 15) is 13.2 Å². The average Bonchev–Trinajstić information content (AvgIpc) is 2.80. The van der Waals surface area contributed by atoms with E-state index < -0.39 is 10.0 Å². The van der Waals surface area contributed by atoms with E-state index in [1.54, 1.807) is 11.8 Å². The third-order valence-corrected chi connectivity index (χ3v) is 8.85. The monoisotopic (exact) mass is 474 g/mol. The quantitative estimate of drug-likeness (QED) is 0.500. The highest BCUT2D eigenvalue weighted by molar-refractivity contribution is 7.98. The van der Waals surface area contributed by atoms with Crippen molar-refractivity contribution in [2.75, 3.05) is 31.1 Å². The van der Waals surface area contributed by atoms with Crippen LogP contribution in [0.3, 0.4) is 0 Å². The van der Waals surface area contributed by atoms with E-state index in [1.807, 2.05) is 36.4 Å². The highest BCUT2D eigenvalue weighted by Crippen LogP contribution is 2.21. The van der Waals surface area contributed by atoms with Gasteiger partial charge in [0.25, 0.3) is 0 Å². The Morgan fingerprint density at radius 2 is 1.88 bits per heavy atom. The summed E-state index contributed by atoms with van der Waals surface area (Å²) in [5.74, 6) is 1.63. The molecule has 1 heterocycles. The predicted octanol–water partition coefficient (Wildman–Crippen LogP) is 4.02. The normalized spacial score (nSPS) is 17.2. The summed E-state index contributed by atoms with van der Waals surface area (Å²) in [4.78, 5) is 12.6. The number of hydrogen-bond donors (Lipinski definition) is 1.